The summed E-state index contributed by atoms with van der Waals surface area (Å²) in [5, 5.41) is 0. The van der Waals surface area contributed by atoms with Crippen molar-refractivity contribution >= 4 is 11.5 Å². The normalized spacial score (nSPS) is 24.5. The van der Waals surface area contributed by atoms with Crippen LogP contribution in [0, 0.1) is 23.4 Å². The van der Waals surface area contributed by atoms with Gasteiger partial charge in [0.15, 0.2) is 17.5 Å². The van der Waals surface area contributed by atoms with Gasteiger partial charge in [0.25, 0.3) is 0 Å². The number of anilines is 1. The largest absolute Gasteiger partial charge is 0.367 e. The number of carbonyl (C=O) groups excluding carboxylic acids is 1. The van der Waals surface area contributed by atoms with Crippen molar-refractivity contribution in [2.75, 3.05) is 11.4 Å². The molecule has 2 nitrogen and oxygen atoms in total. The second-order valence-electron chi connectivity index (χ2n) is 4.66. The zero-order valence-electron chi connectivity index (χ0n) is 10.2. The predicted octanol–water partition coefficient (Wildman–Crippen LogP) is 2.91. The number of Topliss-reactive ketones (excluding diaryl/α,β-unsaturated/α-hetero) is 1. The molecule has 1 fully saturated rings. The zero-order valence-corrected chi connectivity index (χ0v) is 10.2. The molecule has 0 amide bonds. The fraction of sp³-hybridized carbons (Fsp3) is 0.462. The molecule has 18 heavy (non-hydrogen) atoms. The lowest BCUT2D eigenvalue weighted by Crippen LogP contribution is -2.47. The summed E-state index contributed by atoms with van der Waals surface area (Å²) in [7, 11) is 0. The van der Waals surface area contributed by atoms with E-state index in [1.165, 1.54) is 0 Å². The Balaban J connectivity index is 2.35. The number of ketones is 1. The fourth-order valence-electron chi connectivity index (χ4n) is 2.27. The molecule has 0 spiro atoms. The van der Waals surface area contributed by atoms with E-state index < -0.39 is 17.5 Å². The minimum Gasteiger partial charge on any atom is -0.367 e. The molecule has 0 aliphatic carbocycles. The maximum Gasteiger partial charge on any atom is 0.194 e. The lowest BCUT2D eigenvalue weighted by atomic mass is 9.90. The molecule has 1 saturated heterocycles. The summed E-state index contributed by atoms with van der Waals surface area (Å²) in [6.07, 6.45) is 0.339. The molecule has 1 heterocycles. The second kappa shape index (κ2) is 4.63. The van der Waals surface area contributed by atoms with E-state index in [0.29, 0.717) is 13.0 Å². The van der Waals surface area contributed by atoms with E-state index in [4.69, 9.17) is 0 Å². The first-order valence-electron chi connectivity index (χ1n) is 5.85. The topological polar surface area (TPSA) is 20.3 Å². The smallest absolute Gasteiger partial charge is 0.194 e. The summed E-state index contributed by atoms with van der Waals surface area (Å²) >= 11 is 0. The summed E-state index contributed by atoms with van der Waals surface area (Å²) in [6, 6.07) is 1.78. The predicted molar refractivity (Wildman–Crippen MR) is 61.9 cm³/mol. The van der Waals surface area contributed by atoms with Crippen molar-refractivity contribution in [3.8, 4) is 0 Å². The highest BCUT2D eigenvalue weighted by Gasteiger charge is 2.31. The van der Waals surface area contributed by atoms with Gasteiger partial charge >= 0.3 is 0 Å². The van der Waals surface area contributed by atoms with Gasteiger partial charge in [-0.05, 0) is 6.92 Å². The third-order valence-electron chi connectivity index (χ3n) is 3.62. The molecule has 1 aromatic carbocycles. The molecule has 1 aliphatic heterocycles. The Kier molecular flexibility index (Phi) is 3.32. The Morgan fingerprint density at radius 1 is 1.17 bits per heavy atom. The van der Waals surface area contributed by atoms with E-state index in [-0.39, 0.29) is 23.4 Å². The van der Waals surface area contributed by atoms with Crippen molar-refractivity contribution in [2.24, 2.45) is 5.92 Å². The SMILES string of the molecule is CC1C(=O)CCN(c2cc(F)c(F)c(F)c2)C1C. The van der Waals surface area contributed by atoms with Crippen LogP contribution >= 0.6 is 0 Å². The van der Waals surface area contributed by atoms with Crippen LogP contribution in [0.3, 0.4) is 0 Å². The molecule has 5 heteroatoms. The van der Waals surface area contributed by atoms with Gasteiger partial charge in [0.2, 0.25) is 0 Å². The number of rotatable bonds is 1. The van der Waals surface area contributed by atoms with Gasteiger partial charge in [-0.3, -0.25) is 4.79 Å². The number of nitrogens with zero attached hydrogens (tertiary/aromatic N) is 1. The van der Waals surface area contributed by atoms with Crippen LogP contribution < -0.4 is 4.90 Å². The molecule has 0 radical (unpaired) electrons. The van der Waals surface area contributed by atoms with Crippen molar-refractivity contribution in [2.45, 2.75) is 26.3 Å². The number of benzene rings is 1. The average molecular weight is 257 g/mol. The van der Waals surface area contributed by atoms with E-state index in [0.717, 1.165) is 12.1 Å². The summed E-state index contributed by atoms with van der Waals surface area (Å²) in [5.41, 5.74) is 0.276. The number of hydrogen-bond donors (Lipinski definition) is 0. The molecule has 1 aliphatic rings. The minimum atomic E-state index is -1.47. The molecule has 0 bridgehead atoms. The zero-order chi connectivity index (χ0) is 13.4. The number of halogens is 3. The van der Waals surface area contributed by atoms with Gasteiger partial charge in [0.1, 0.15) is 5.78 Å². The van der Waals surface area contributed by atoms with E-state index in [9.17, 15) is 18.0 Å². The van der Waals surface area contributed by atoms with Gasteiger partial charge < -0.3 is 4.90 Å². The first-order valence-corrected chi connectivity index (χ1v) is 5.85. The van der Waals surface area contributed by atoms with Crippen LogP contribution in [0.4, 0.5) is 18.9 Å². The van der Waals surface area contributed by atoms with Gasteiger partial charge in [-0.15, -0.1) is 0 Å². The van der Waals surface area contributed by atoms with E-state index >= 15 is 0 Å². The highest BCUT2D eigenvalue weighted by Crippen LogP contribution is 2.28. The van der Waals surface area contributed by atoms with Crippen LogP contribution in [0.15, 0.2) is 12.1 Å². The monoisotopic (exact) mass is 257 g/mol. The Hall–Kier alpha value is -1.52. The molecule has 98 valence electrons. The molecule has 0 saturated carbocycles. The molecule has 2 unspecified atom stereocenters. The molecular weight excluding hydrogens is 243 g/mol. The fourth-order valence-corrected chi connectivity index (χ4v) is 2.27. The van der Waals surface area contributed by atoms with Crippen LogP contribution in [-0.4, -0.2) is 18.4 Å². The van der Waals surface area contributed by atoms with Gasteiger partial charge in [-0.1, -0.05) is 6.92 Å². The van der Waals surface area contributed by atoms with Gasteiger partial charge in [0.05, 0.1) is 0 Å². The van der Waals surface area contributed by atoms with Gasteiger partial charge in [-0.2, -0.15) is 0 Å². The maximum absolute atomic E-state index is 13.2. The van der Waals surface area contributed by atoms with Crippen LogP contribution in [0.5, 0.6) is 0 Å². The first-order chi connectivity index (χ1) is 8.41. The number of carbonyl (C=O) groups is 1. The molecular formula is C13H14F3NO. The maximum atomic E-state index is 13.2. The molecule has 2 rings (SSSR count). The third-order valence-corrected chi connectivity index (χ3v) is 3.62. The van der Waals surface area contributed by atoms with Crippen LogP contribution in [0.25, 0.3) is 0 Å². The van der Waals surface area contributed by atoms with Crippen molar-refractivity contribution in [3.05, 3.63) is 29.6 Å². The van der Waals surface area contributed by atoms with Crippen LogP contribution in [0.1, 0.15) is 20.3 Å². The van der Waals surface area contributed by atoms with Crippen molar-refractivity contribution < 1.29 is 18.0 Å². The number of hydrogen-bond acceptors (Lipinski definition) is 2. The Morgan fingerprint density at radius 3 is 2.28 bits per heavy atom. The van der Waals surface area contributed by atoms with Crippen LogP contribution in [-0.2, 0) is 4.79 Å². The molecule has 1 aromatic rings. The summed E-state index contributed by atoms with van der Waals surface area (Å²) in [6.45, 7) is 4.01. The Labute approximate surface area is 103 Å². The van der Waals surface area contributed by atoms with Gasteiger partial charge in [-0.25, -0.2) is 13.2 Å². The summed E-state index contributed by atoms with van der Waals surface area (Å²) in [4.78, 5) is 13.3. The lowest BCUT2D eigenvalue weighted by molar-refractivity contribution is -0.123. The van der Waals surface area contributed by atoms with Crippen molar-refractivity contribution in [1.29, 1.82) is 0 Å². The summed E-state index contributed by atoms with van der Waals surface area (Å²) < 4.78 is 39.3. The highest BCUT2D eigenvalue weighted by molar-refractivity contribution is 5.84. The molecule has 0 aromatic heterocycles. The second-order valence-corrected chi connectivity index (χ2v) is 4.66. The standard InChI is InChI=1S/C13H14F3NO/c1-7-8(2)17(4-3-12(7)18)9-5-10(14)13(16)11(15)6-9/h5-8H,3-4H2,1-2H3. The average Bonchev–Trinajstić information content (AvgIpc) is 2.33. The van der Waals surface area contributed by atoms with E-state index in [2.05, 4.69) is 0 Å². The Bertz CT molecular complexity index is 466. The quantitative estimate of drug-likeness (QED) is 0.721. The third kappa shape index (κ3) is 2.09. The summed E-state index contributed by atoms with van der Waals surface area (Å²) in [5.74, 6) is -3.94. The van der Waals surface area contributed by atoms with Gasteiger partial charge in [0, 0.05) is 42.7 Å². The molecule has 2 atom stereocenters. The Morgan fingerprint density at radius 2 is 1.72 bits per heavy atom. The minimum absolute atomic E-state index is 0.141. The van der Waals surface area contributed by atoms with Crippen molar-refractivity contribution in [3.63, 3.8) is 0 Å². The van der Waals surface area contributed by atoms with E-state index in [1.54, 1.807) is 11.8 Å². The van der Waals surface area contributed by atoms with Crippen LogP contribution in [0.2, 0.25) is 0 Å². The molecule has 0 N–H and O–H groups in total. The lowest BCUT2D eigenvalue weighted by Gasteiger charge is -2.38. The van der Waals surface area contributed by atoms with E-state index in [1.807, 2.05) is 6.92 Å². The first kappa shape index (κ1) is 12.9. The highest BCUT2D eigenvalue weighted by atomic mass is 19.2. The number of piperidine rings is 1. The van der Waals surface area contributed by atoms with Crippen molar-refractivity contribution in [1.82, 2.24) is 0 Å².